The van der Waals surface area contributed by atoms with Crippen molar-refractivity contribution < 1.29 is 9.32 Å². The molecule has 1 aromatic rings. The van der Waals surface area contributed by atoms with Crippen LogP contribution >= 0.6 is 0 Å². The van der Waals surface area contributed by atoms with E-state index >= 15 is 0 Å². The van der Waals surface area contributed by atoms with Gasteiger partial charge in [-0.25, -0.2) is 0 Å². The van der Waals surface area contributed by atoms with E-state index in [1.807, 2.05) is 11.8 Å². The Kier molecular flexibility index (Phi) is 2.21. The number of carbonyl (C=O) groups is 1. The molecule has 2 aliphatic heterocycles. The van der Waals surface area contributed by atoms with Gasteiger partial charge in [-0.3, -0.25) is 4.79 Å². The zero-order valence-electron chi connectivity index (χ0n) is 9.27. The van der Waals surface area contributed by atoms with Gasteiger partial charge in [0, 0.05) is 32.2 Å². The van der Waals surface area contributed by atoms with Crippen LogP contribution in [0, 0.1) is 18.8 Å². The molecule has 5 nitrogen and oxygen atoms in total. The smallest absolute Gasteiger partial charge is 0.292 e. The summed E-state index contributed by atoms with van der Waals surface area (Å²) in [6.07, 6.45) is 0. The van der Waals surface area contributed by atoms with Crippen LogP contribution in [0.2, 0.25) is 0 Å². The Hall–Kier alpha value is -1.36. The van der Waals surface area contributed by atoms with Gasteiger partial charge in [0.1, 0.15) is 0 Å². The molecule has 0 aromatic carbocycles. The summed E-state index contributed by atoms with van der Waals surface area (Å²) in [5, 5.41) is 7.10. The van der Waals surface area contributed by atoms with Gasteiger partial charge in [-0.2, -0.15) is 0 Å². The zero-order chi connectivity index (χ0) is 11.1. The highest BCUT2D eigenvalue weighted by atomic mass is 16.5. The third-order valence-corrected chi connectivity index (χ3v) is 3.52. The number of carbonyl (C=O) groups excluding carboxylic acids is 1. The lowest BCUT2D eigenvalue weighted by atomic mass is 10.0. The molecule has 0 spiro atoms. The normalized spacial score (nSPS) is 28.4. The van der Waals surface area contributed by atoms with Crippen LogP contribution in [-0.2, 0) is 0 Å². The van der Waals surface area contributed by atoms with Crippen molar-refractivity contribution in [3.8, 4) is 0 Å². The standard InChI is InChI=1S/C11H15N3O2/c1-7-2-10(16-13-7)11(15)14-5-8-3-12-4-9(8)6-14/h2,8-9,12H,3-6H2,1H3/t8-,9+. The Balaban J connectivity index is 1.73. The first-order valence-electron chi connectivity index (χ1n) is 5.67. The van der Waals surface area contributed by atoms with Crippen LogP contribution in [-0.4, -0.2) is 42.1 Å². The highest BCUT2D eigenvalue weighted by Gasteiger charge is 2.39. The minimum Gasteiger partial charge on any atom is -0.351 e. The summed E-state index contributed by atoms with van der Waals surface area (Å²) in [4.78, 5) is 13.9. The number of hydrogen-bond donors (Lipinski definition) is 1. The Labute approximate surface area is 93.8 Å². The molecule has 1 aromatic heterocycles. The van der Waals surface area contributed by atoms with Gasteiger partial charge in [0.2, 0.25) is 5.76 Å². The van der Waals surface area contributed by atoms with Crippen LogP contribution in [0.5, 0.6) is 0 Å². The molecule has 0 bridgehead atoms. The Morgan fingerprint density at radius 3 is 2.75 bits per heavy atom. The van der Waals surface area contributed by atoms with Crippen molar-refractivity contribution >= 4 is 5.91 Å². The van der Waals surface area contributed by atoms with Crippen LogP contribution < -0.4 is 5.32 Å². The number of hydrogen-bond acceptors (Lipinski definition) is 4. The maximum Gasteiger partial charge on any atom is 0.292 e. The maximum absolute atomic E-state index is 12.1. The van der Waals surface area contributed by atoms with Crippen LogP contribution in [0.3, 0.4) is 0 Å². The molecule has 16 heavy (non-hydrogen) atoms. The SMILES string of the molecule is Cc1cc(C(=O)N2C[C@H]3CNC[C@H]3C2)on1. The van der Waals surface area contributed by atoms with E-state index < -0.39 is 0 Å². The molecule has 2 atom stereocenters. The quantitative estimate of drug-likeness (QED) is 0.739. The number of fused-ring (bicyclic) bond motifs is 1. The largest absolute Gasteiger partial charge is 0.351 e. The lowest BCUT2D eigenvalue weighted by Crippen LogP contribution is -2.31. The van der Waals surface area contributed by atoms with E-state index in [1.54, 1.807) is 6.07 Å². The highest BCUT2D eigenvalue weighted by molar-refractivity contribution is 5.91. The molecule has 5 heteroatoms. The summed E-state index contributed by atoms with van der Waals surface area (Å²) in [7, 11) is 0. The molecule has 2 fully saturated rings. The molecule has 0 aliphatic carbocycles. The molecule has 1 amide bonds. The molecule has 0 unspecified atom stereocenters. The first kappa shape index (κ1) is 9.84. The number of amides is 1. The van der Waals surface area contributed by atoms with Crippen molar-refractivity contribution in [2.45, 2.75) is 6.92 Å². The molecule has 2 saturated heterocycles. The van der Waals surface area contributed by atoms with Gasteiger partial charge in [-0.05, 0) is 18.8 Å². The monoisotopic (exact) mass is 221 g/mol. The van der Waals surface area contributed by atoms with E-state index in [1.165, 1.54) is 0 Å². The topological polar surface area (TPSA) is 58.4 Å². The second kappa shape index (κ2) is 3.59. The zero-order valence-corrected chi connectivity index (χ0v) is 9.27. The van der Waals surface area contributed by atoms with Crippen molar-refractivity contribution in [1.82, 2.24) is 15.4 Å². The van der Waals surface area contributed by atoms with E-state index in [-0.39, 0.29) is 5.91 Å². The molecule has 0 saturated carbocycles. The fourth-order valence-corrected chi connectivity index (χ4v) is 2.64. The number of aromatic nitrogens is 1. The number of nitrogens with one attached hydrogen (secondary N) is 1. The third-order valence-electron chi connectivity index (χ3n) is 3.52. The van der Waals surface area contributed by atoms with Crippen molar-refractivity contribution in [3.05, 3.63) is 17.5 Å². The van der Waals surface area contributed by atoms with Gasteiger partial charge in [0.15, 0.2) is 0 Å². The first-order chi connectivity index (χ1) is 7.74. The Morgan fingerprint density at radius 2 is 2.19 bits per heavy atom. The second-order valence-electron chi connectivity index (χ2n) is 4.72. The lowest BCUT2D eigenvalue weighted by Gasteiger charge is -2.15. The van der Waals surface area contributed by atoms with Gasteiger partial charge in [-0.1, -0.05) is 5.16 Å². The van der Waals surface area contributed by atoms with E-state index in [2.05, 4.69) is 10.5 Å². The first-order valence-corrected chi connectivity index (χ1v) is 5.67. The fraction of sp³-hybridized carbons (Fsp3) is 0.636. The van der Waals surface area contributed by atoms with E-state index in [9.17, 15) is 4.79 Å². The number of nitrogens with zero attached hydrogens (tertiary/aromatic N) is 2. The van der Waals surface area contributed by atoms with Crippen molar-refractivity contribution in [1.29, 1.82) is 0 Å². The maximum atomic E-state index is 12.1. The molecule has 2 aliphatic rings. The van der Waals surface area contributed by atoms with Crippen molar-refractivity contribution in [2.75, 3.05) is 26.2 Å². The summed E-state index contributed by atoms with van der Waals surface area (Å²) in [5.74, 6) is 1.58. The minimum atomic E-state index is -0.0185. The Morgan fingerprint density at radius 1 is 1.50 bits per heavy atom. The summed E-state index contributed by atoms with van der Waals surface area (Å²) in [5.41, 5.74) is 0.754. The number of aryl methyl sites for hydroxylation is 1. The minimum absolute atomic E-state index is 0.0185. The van der Waals surface area contributed by atoms with Crippen molar-refractivity contribution in [3.63, 3.8) is 0 Å². The van der Waals surface area contributed by atoms with Gasteiger partial charge < -0.3 is 14.7 Å². The van der Waals surface area contributed by atoms with Gasteiger partial charge >= 0.3 is 0 Å². The fourth-order valence-electron chi connectivity index (χ4n) is 2.64. The van der Waals surface area contributed by atoms with Crippen LogP contribution in [0.4, 0.5) is 0 Å². The molecular formula is C11H15N3O2. The molecule has 3 rings (SSSR count). The van der Waals surface area contributed by atoms with E-state index in [0.717, 1.165) is 31.9 Å². The third kappa shape index (κ3) is 1.51. The van der Waals surface area contributed by atoms with Crippen LogP contribution in [0.1, 0.15) is 16.2 Å². The number of rotatable bonds is 1. The number of likely N-dealkylation sites (tertiary alicyclic amines) is 1. The summed E-state index contributed by atoms with van der Waals surface area (Å²) in [6.45, 7) is 5.57. The molecule has 3 heterocycles. The van der Waals surface area contributed by atoms with E-state index in [0.29, 0.717) is 17.6 Å². The Bertz CT molecular complexity index is 403. The molecular weight excluding hydrogens is 206 g/mol. The second-order valence-corrected chi connectivity index (χ2v) is 4.72. The average molecular weight is 221 g/mol. The summed E-state index contributed by atoms with van der Waals surface area (Å²) < 4.78 is 5.00. The summed E-state index contributed by atoms with van der Waals surface area (Å²) in [6, 6.07) is 1.70. The average Bonchev–Trinajstić information content (AvgIpc) is 2.89. The van der Waals surface area contributed by atoms with Crippen LogP contribution in [0.15, 0.2) is 10.6 Å². The highest BCUT2D eigenvalue weighted by Crippen LogP contribution is 2.27. The predicted octanol–water partition coefficient (Wildman–Crippen LogP) is 0.274. The van der Waals surface area contributed by atoms with E-state index in [4.69, 9.17) is 4.52 Å². The van der Waals surface area contributed by atoms with Gasteiger partial charge in [-0.15, -0.1) is 0 Å². The molecule has 1 N–H and O–H groups in total. The molecule has 86 valence electrons. The predicted molar refractivity (Wildman–Crippen MR) is 57.0 cm³/mol. The van der Waals surface area contributed by atoms with Crippen molar-refractivity contribution in [2.24, 2.45) is 11.8 Å². The summed E-state index contributed by atoms with van der Waals surface area (Å²) >= 11 is 0. The van der Waals surface area contributed by atoms with Gasteiger partial charge in [0.05, 0.1) is 5.69 Å². The van der Waals surface area contributed by atoms with Gasteiger partial charge in [0.25, 0.3) is 5.91 Å². The lowest BCUT2D eigenvalue weighted by molar-refractivity contribution is 0.0740. The van der Waals surface area contributed by atoms with Crippen LogP contribution in [0.25, 0.3) is 0 Å². The molecule has 0 radical (unpaired) electrons.